The largest absolute Gasteiger partial charge is 0.463 e. The summed E-state index contributed by atoms with van der Waals surface area (Å²) >= 11 is 0. The van der Waals surface area contributed by atoms with E-state index in [1.165, 1.54) is 0 Å². The Kier molecular flexibility index (Phi) is 5.34. The van der Waals surface area contributed by atoms with E-state index in [4.69, 9.17) is 4.74 Å². The molecule has 1 aromatic carbocycles. The highest BCUT2D eigenvalue weighted by atomic mass is 16.5. The maximum Gasteiger partial charge on any atom is 0.316 e. The number of nitrogens with zero attached hydrogens (tertiary/aromatic N) is 2. The zero-order valence-corrected chi connectivity index (χ0v) is 14.9. The third kappa shape index (κ3) is 4.17. The quantitative estimate of drug-likeness (QED) is 0.823. The molecule has 0 saturated carbocycles. The van der Waals surface area contributed by atoms with Crippen molar-refractivity contribution in [3.8, 4) is 17.1 Å². The molecular weight excluding hydrogens is 304 g/mol. The van der Waals surface area contributed by atoms with Crippen LogP contribution >= 0.6 is 0 Å². The third-order valence-corrected chi connectivity index (χ3v) is 3.97. The first-order chi connectivity index (χ1) is 11.2. The van der Waals surface area contributed by atoms with Crippen molar-refractivity contribution in [2.45, 2.75) is 46.6 Å². The number of hydrogen-bond acceptors (Lipinski definition) is 5. The van der Waals surface area contributed by atoms with Gasteiger partial charge in [-0.05, 0) is 45.7 Å². The van der Waals surface area contributed by atoms with Gasteiger partial charge in [0.25, 0.3) is 0 Å². The van der Waals surface area contributed by atoms with Crippen molar-refractivity contribution in [3.63, 3.8) is 0 Å². The van der Waals surface area contributed by atoms with E-state index in [1.807, 2.05) is 32.9 Å². The van der Waals surface area contributed by atoms with Gasteiger partial charge in [-0.3, -0.25) is 4.79 Å². The summed E-state index contributed by atoms with van der Waals surface area (Å²) in [4.78, 5) is 20.0. The smallest absolute Gasteiger partial charge is 0.316 e. The average Bonchev–Trinajstić information content (AvgIpc) is 2.47. The van der Waals surface area contributed by atoms with E-state index in [0.29, 0.717) is 24.6 Å². The lowest BCUT2D eigenvalue weighted by Gasteiger charge is -2.17. The Bertz CT molecular complexity index is 726. The molecule has 0 bridgehead atoms. The first-order valence-corrected chi connectivity index (χ1v) is 7.98. The van der Waals surface area contributed by atoms with Gasteiger partial charge in [0, 0.05) is 17.5 Å². The molecule has 0 radical (unpaired) electrons. The highest BCUT2D eigenvalue weighted by Crippen LogP contribution is 2.30. The van der Waals surface area contributed by atoms with Crippen LogP contribution in [0.5, 0.6) is 6.01 Å². The molecule has 0 aliphatic rings. The highest BCUT2D eigenvalue weighted by molar-refractivity contribution is 5.83. The van der Waals surface area contributed by atoms with Gasteiger partial charge in [0.1, 0.15) is 6.29 Å². The SMILES string of the molecule is Cc1nc(OCCC(C)(C)O)nc(C)c1-c1cccc(C=O)c1C. The molecule has 1 aromatic heterocycles. The van der Waals surface area contributed by atoms with Crippen molar-refractivity contribution in [1.82, 2.24) is 9.97 Å². The van der Waals surface area contributed by atoms with E-state index in [9.17, 15) is 9.90 Å². The lowest BCUT2D eigenvalue weighted by atomic mass is 9.95. The maximum absolute atomic E-state index is 11.2. The predicted molar refractivity (Wildman–Crippen MR) is 93.5 cm³/mol. The number of aryl methyl sites for hydroxylation is 2. The fourth-order valence-corrected chi connectivity index (χ4v) is 2.58. The van der Waals surface area contributed by atoms with Crippen LogP contribution in [0.15, 0.2) is 18.2 Å². The van der Waals surface area contributed by atoms with Gasteiger partial charge in [-0.1, -0.05) is 18.2 Å². The van der Waals surface area contributed by atoms with Crippen molar-refractivity contribution in [2.75, 3.05) is 6.61 Å². The number of ether oxygens (including phenoxy) is 1. The number of aliphatic hydroxyl groups is 1. The van der Waals surface area contributed by atoms with Crippen molar-refractivity contribution < 1.29 is 14.6 Å². The highest BCUT2D eigenvalue weighted by Gasteiger charge is 2.16. The zero-order chi connectivity index (χ0) is 17.9. The molecule has 2 aromatic rings. The molecule has 0 aliphatic carbocycles. The van der Waals surface area contributed by atoms with Gasteiger partial charge in [0.2, 0.25) is 0 Å². The number of aromatic nitrogens is 2. The molecule has 0 saturated heterocycles. The summed E-state index contributed by atoms with van der Waals surface area (Å²) in [6.45, 7) is 9.55. The summed E-state index contributed by atoms with van der Waals surface area (Å²) < 4.78 is 5.57. The van der Waals surface area contributed by atoms with E-state index in [-0.39, 0.29) is 0 Å². The lowest BCUT2D eigenvalue weighted by molar-refractivity contribution is 0.0539. The first-order valence-electron chi connectivity index (χ1n) is 7.98. The summed E-state index contributed by atoms with van der Waals surface area (Å²) in [6.07, 6.45) is 1.36. The van der Waals surface area contributed by atoms with Crippen molar-refractivity contribution in [1.29, 1.82) is 0 Å². The molecule has 0 amide bonds. The molecule has 1 heterocycles. The summed E-state index contributed by atoms with van der Waals surface area (Å²) in [5.41, 5.74) is 4.27. The molecule has 128 valence electrons. The standard InChI is InChI=1S/C19H24N2O3/c1-12-15(11-22)7-6-8-16(12)17-13(2)20-18(21-14(17)3)24-10-9-19(4,5)23/h6-8,11,23H,9-10H2,1-5H3. The Morgan fingerprint density at radius 1 is 1.17 bits per heavy atom. The summed E-state index contributed by atoms with van der Waals surface area (Å²) in [5, 5.41) is 9.73. The maximum atomic E-state index is 11.2. The Balaban J connectivity index is 2.33. The van der Waals surface area contributed by atoms with Crippen LogP contribution in [0.2, 0.25) is 0 Å². The Hall–Kier alpha value is -2.27. The van der Waals surface area contributed by atoms with E-state index >= 15 is 0 Å². The molecule has 0 aliphatic heterocycles. The Morgan fingerprint density at radius 2 is 1.79 bits per heavy atom. The van der Waals surface area contributed by atoms with Crippen LogP contribution < -0.4 is 4.74 Å². The molecule has 0 fully saturated rings. The van der Waals surface area contributed by atoms with Gasteiger partial charge >= 0.3 is 6.01 Å². The Morgan fingerprint density at radius 3 is 2.33 bits per heavy atom. The lowest BCUT2D eigenvalue weighted by Crippen LogP contribution is -2.22. The third-order valence-electron chi connectivity index (χ3n) is 3.97. The van der Waals surface area contributed by atoms with Crippen LogP contribution in [0.1, 0.15) is 47.6 Å². The minimum Gasteiger partial charge on any atom is -0.463 e. The van der Waals surface area contributed by atoms with E-state index in [2.05, 4.69) is 9.97 Å². The topological polar surface area (TPSA) is 72.3 Å². The van der Waals surface area contributed by atoms with Gasteiger partial charge in [-0.2, -0.15) is 9.97 Å². The second-order valence-electron chi connectivity index (χ2n) is 6.60. The van der Waals surface area contributed by atoms with Crippen LogP contribution in [-0.4, -0.2) is 33.6 Å². The number of carbonyl (C=O) groups excluding carboxylic acids is 1. The van der Waals surface area contributed by atoms with Gasteiger partial charge < -0.3 is 9.84 Å². The summed E-state index contributed by atoms with van der Waals surface area (Å²) in [6, 6.07) is 5.93. The molecule has 1 N–H and O–H groups in total. The van der Waals surface area contributed by atoms with Crippen molar-refractivity contribution in [2.24, 2.45) is 0 Å². The first kappa shape index (κ1) is 18.1. The molecule has 24 heavy (non-hydrogen) atoms. The molecule has 5 heteroatoms. The van der Waals surface area contributed by atoms with Crippen LogP contribution in [0, 0.1) is 20.8 Å². The van der Waals surface area contributed by atoms with Crippen molar-refractivity contribution >= 4 is 6.29 Å². The number of benzene rings is 1. The summed E-state index contributed by atoms with van der Waals surface area (Å²) in [5.74, 6) is 0. The molecular formula is C19H24N2O3. The molecule has 0 unspecified atom stereocenters. The Labute approximate surface area is 142 Å². The van der Waals surface area contributed by atoms with Crippen LogP contribution in [0.3, 0.4) is 0 Å². The minimum atomic E-state index is -0.781. The molecule has 5 nitrogen and oxygen atoms in total. The van der Waals surface area contributed by atoms with E-state index in [0.717, 1.165) is 34.4 Å². The predicted octanol–water partition coefficient (Wildman–Crippen LogP) is 3.42. The fraction of sp³-hybridized carbons (Fsp3) is 0.421. The molecule has 0 spiro atoms. The van der Waals surface area contributed by atoms with Gasteiger partial charge in [0.15, 0.2) is 0 Å². The fourth-order valence-electron chi connectivity index (χ4n) is 2.58. The van der Waals surface area contributed by atoms with Gasteiger partial charge in [-0.25, -0.2) is 0 Å². The second kappa shape index (κ2) is 7.09. The van der Waals surface area contributed by atoms with Gasteiger partial charge in [-0.15, -0.1) is 0 Å². The number of aldehydes is 1. The molecule has 0 atom stereocenters. The number of hydrogen-bond donors (Lipinski definition) is 1. The monoisotopic (exact) mass is 328 g/mol. The van der Waals surface area contributed by atoms with E-state index in [1.54, 1.807) is 19.9 Å². The zero-order valence-electron chi connectivity index (χ0n) is 14.9. The van der Waals surface area contributed by atoms with Gasteiger partial charge in [0.05, 0.1) is 23.6 Å². The number of rotatable bonds is 6. The number of carbonyl (C=O) groups is 1. The van der Waals surface area contributed by atoms with Crippen LogP contribution in [0.4, 0.5) is 0 Å². The molecule has 2 rings (SSSR count). The summed E-state index contributed by atoms with van der Waals surface area (Å²) in [7, 11) is 0. The minimum absolute atomic E-state index is 0.308. The average molecular weight is 328 g/mol. The van der Waals surface area contributed by atoms with Crippen molar-refractivity contribution in [3.05, 3.63) is 40.7 Å². The normalized spacial score (nSPS) is 11.4. The van der Waals surface area contributed by atoms with Crippen LogP contribution in [-0.2, 0) is 0 Å². The van der Waals surface area contributed by atoms with Crippen LogP contribution in [0.25, 0.3) is 11.1 Å². The van der Waals surface area contributed by atoms with E-state index < -0.39 is 5.60 Å². The second-order valence-corrected chi connectivity index (χ2v) is 6.60.